The Morgan fingerprint density at radius 2 is 1.80 bits per heavy atom. The van der Waals surface area contributed by atoms with E-state index in [0.717, 1.165) is 5.56 Å². The third-order valence-corrected chi connectivity index (χ3v) is 3.50. The van der Waals surface area contributed by atoms with Crippen molar-refractivity contribution in [3.63, 3.8) is 0 Å². The maximum atomic E-state index is 13.5. The van der Waals surface area contributed by atoms with Gasteiger partial charge in [0, 0.05) is 0 Å². The summed E-state index contributed by atoms with van der Waals surface area (Å²) in [5, 5.41) is 2.82. The van der Waals surface area contributed by atoms with Crippen molar-refractivity contribution in [2.45, 2.75) is 26.8 Å². The van der Waals surface area contributed by atoms with Crippen LogP contribution in [0.5, 0.6) is 0 Å². The van der Waals surface area contributed by atoms with Crippen LogP contribution < -0.4 is 5.32 Å². The number of amides is 1. The fourth-order valence-corrected chi connectivity index (χ4v) is 2.04. The van der Waals surface area contributed by atoms with Gasteiger partial charge in [-0.3, -0.25) is 4.79 Å². The van der Waals surface area contributed by atoms with E-state index in [9.17, 15) is 9.18 Å². The first-order valence-electron chi connectivity index (χ1n) is 6.61. The molecule has 1 amide bonds. The molecular weight excluding hydrogens is 253 g/mol. The second kappa shape index (κ2) is 5.87. The number of benzene rings is 2. The van der Waals surface area contributed by atoms with Crippen LogP contribution in [0.1, 0.15) is 40.0 Å². The monoisotopic (exact) mass is 271 g/mol. The number of nitrogens with one attached hydrogen (secondary N) is 1. The number of carbonyl (C=O) groups is 1. The number of carbonyl (C=O) groups excluding carboxylic acids is 1. The van der Waals surface area contributed by atoms with Gasteiger partial charge in [0.05, 0.1) is 11.6 Å². The Balaban J connectivity index is 2.15. The van der Waals surface area contributed by atoms with E-state index in [1.54, 1.807) is 12.1 Å². The molecule has 0 aliphatic rings. The molecule has 0 fully saturated rings. The van der Waals surface area contributed by atoms with Crippen LogP contribution in [0.3, 0.4) is 0 Å². The highest BCUT2D eigenvalue weighted by Gasteiger charge is 2.14. The second-order valence-corrected chi connectivity index (χ2v) is 5.02. The highest BCUT2D eigenvalue weighted by Crippen LogP contribution is 2.17. The van der Waals surface area contributed by atoms with Gasteiger partial charge in [-0.2, -0.15) is 0 Å². The number of hydrogen-bond donors (Lipinski definition) is 1. The van der Waals surface area contributed by atoms with Crippen LogP contribution in [0.25, 0.3) is 0 Å². The summed E-state index contributed by atoms with van der Waals surface area (Å²) in [5.74, 6) is -0.897. The lowest BCUT2D eigenvalue weighted by atomic mass is 10.0. The lowest BCUT2D eigenvalue weighted by Crippen LogP contribution is -2.27. The SMILES string of the molecule is Cc1ccc([C@H](C)NC(=O)c2ccccc2F)cc1C. The predicted octanol–water partition coefficient (Wildman–Crippen LogP) is 3.93. The molecule has 3 heteroatoms. The summed E-state index contributed by atoms with van der Waals surface area (Å²) in [5.41, 5.74) is 3.47. The van der Waals surface area contributed by atoms with Crippen LogP contribution in [0.15, 0.2) is 42.5 Å². The smallest absolute Gasteiger partial charge is 0.254 e. The molecule has 20 heavy (non-hydrogen) atoms. The normalized spacial score (nSPS) is 12.0. The Morgan fingerprint density at radius 3 is 2.45 bits per heavy atom. The highest BCUT2D eigenvalue weighted by molar-refractivity contribution is 5.94. The zero-order valence-electron chi connectivity index (χ0n) is 11.9. The second-order valence-electron chi connectivity index (χ2n) is 5.02. The quantitative estimate of drug-likeness (QED) is 0.900. The maximum absolute atomic E-state index is 13.5. The number of rotatable bonds is 3. The summed E-state index contributed by atoms with van der Waals surface area (Å²) in [6.07, 6.45) is 0. The molecule has 104 valence electrons. The molecular formula is C17H18FNO. The minimum Gasteiger partial charge on any atom is -0.345 e. The Kier molecular flexibility index (Phi) is 4.18. The zero-order valence-corrected chi connectivity index (χ0v) is 11.9. The van der Waals surface area contributed by atoms with E-state index in [-0.39, 0.29) is 11.6 Å². The van der Waals surface area contributed by atoms with Crippen molar-refractivity contribution in [2.75, 3.05) is 0 Å². The standard InChI is InChI=1S/C17H18FNO/c1-11-8-9-14(10-12(11)2)13(3)19-17(20)15-6-4-5-7-16(15)18/h4-10,13H,1-3H3,(H,19,20)/t13-/m0/s1. The van der Waals surface area contributed by atoms with Gasteiger partial charge in [-0.25, -0.2) is 4.39 Å². The average molecular weight is 271 g/mol. The Bertz CT molecular complexity index is 637. The number of aryl methyl sites for hydroxylation is 2. The third kappa shape index (κ3) is 3.05. The average Bonchev–Trinajstić information content (AvgIpc) is 2.42. The molecule has 0 radical (unpaired) electrons. The van der Waals surface area contributed by atoms with Gasteiger partial charge in [-0.1, -0.05) is 30.3 Å². The first-order valence-corrected chi connectivity index (χ1v) is 6.61. The van der Waals surface area contributed by atoms with E-state index in [1.165, 1.54) is 23.3 Å². The molecule has 0 unspecified atom stereocenters. The third-order valence-electron chi connectivity index (χ3n) is 3.50. The molecule has 0 saturated carbocycles. The van der Waals surface area contributed by atoms with Crippen molar-refractivity contribution in [3.8, 4) is 0 Å². The van der Waals surface area contributed by atoms with Gasteiger partial charge in [0.25, 0.3) is 5.91 Å². The van der Waals surface area contributed by atoms with Crippen molar-refractivity contribution >= 4 is 5.91 Å². The number of hydrogen-bond acceptors (Lipinski definition) is 1. The van der Waals surface area contributed by atoms with Gasteiger partial charge < -0.3 is 5.32 Å². The van der Waals surface area contributed by atoms with Crippen LogP contribution in [0.2, 0.25) is 0 Å². The summed E-state index contributed by atoms with van der Waals surface area (Å²) in [4.78, 5) is 12.0. The van der Waals surface area contributed by atoms with Crippen LogP contribution in [-0.2, 0) is 0 Å². The molecule has 2 aromatic carbocycles. The van der Waals surface area contributed by atoms with E-state index in [1.807, 2.05) is 39.0 Å². The zero-order chi connectivity index (χ0) is 14.7. The molecule has 0 aliphatic heterocycles. The van der Waals surface area contributed by atoms with Crippen molar-refractivity contribution < 1.29 is 9.18 Å². The molecule has 2 aromatic rings. The van der Waals surface area contributed by atoms with Crippen molar-refractivity contribution in [3.05, 3.63) is 70.5 Å². The summed E-state index contributed by atoms with van der Waals surface area (Å²) < 4.78 is 13.5. The highest BCUT2D eigenvalue weighted by atomic mass is 19.1. The minimum atomic E-state index is -0.503. The van der Waals surface area contributed by atoms with Crippen LogP contribution >= 0.6 is 0 Å². The van der Waals surface area contributed by atoms with Gasteiger partial charge in [0.15, 0.2) is 0 Å². The van der Waals surface area contributed by atoms with Crippen LogP contribution in [-0.4, -0.2) is 5.91 Å². The summed E-state index contributed by atoms with van der Waals surface area (Å²) >= 11 is 0. The van der Waals surface area contributed by atoms with E-state index in [2.05, 4.69) is 5.32 Å². The molecule has 0 heterocycles. The van der Waals surface area contributed by atoms with E-state index in [4.69, 9.17) is 0 Å². The van der Waals surface area contributed by atoms with Gasteiger partial charge in [-0.15, -0.1) is 0 Å². The van der Waals surface area contributed by atoms with Crippen molar-refractivity contribution in [1.29, 1.82) is 0 Å². The van der Waals surface area contributed by atoms with Crippen molar-refractivity contribution in [2.24, 2.45) is 0 Å². The van der Waals surface area contributed by atoms with Gasteiger partial charge in [0.1, 0.15) is 5.82 Å². The summed E-state index contributed by atoms with van der Waals surface area (Å²) in [6, 6.07) is 11.9. The van der Waals surface area contributed by atoms with Gasteiger partial charge >= 0.3 is 0 Å². The van der Waals surface area contributed by atoms with Gasteiger partial charge in [0.2, 0.25) is 0 Å². The molecule has 0 aliphatic carbocycles. The Hall–Kier alpha value is -2.16. The first kappa shape index (κ1) is 14.3. The fraction of sp³-hybridized carbons (Fsp3) is 0.235. The van der Waals surface area contributed by atoms with Crippen LogP contribution in [0, 0.1) is 19.7 Å². The van der Waals surface area contributed by atoms with E-state index >= 15 is 0 Å². The summed E-state index contributed by atoms with van der Waals surface area (Å²) in [6.45, 7) is 5.97. The molecule has 2 nitrogen and oxygen atoms in total. The lowest BCUT2D eigenvalue weighted by Gasteiger charge is -2.16. The minimum absolute atomic E-state index is 0.0724. The number of halogens is 1. The maximum Gasteiger partial charge on any atom is 0.254 e. The molecule has 0 bridgehead atoms. The Morgan fingerprint density at radius 1 is 1.10 bits per heavy atom. The summed E-state index contributed by atoms with van der Waals surface area (Å²) in [7, 11) is 0. The van der Waals surface area contributed by atoms with Crippen LogP contribution in [0.4, 0.5) is 4.39 Å². The van der Waals surface area contributed by atoms with Crippen molar-refractivity contribution in [1.82, 2.24) is 5.32 Å². The molecule has 1 atom stereocenters. The topological polar surface area (TPSA) is 29.1 Å². The molecule has 0 aromatic heterocycles. The van der Waals surface area contributed by atoms with E-state index < -0.39 is 11.7 Å². The lowest BCUT2D eigenvalue weighted by molar-refractivity contribution is 0.0936. The molecule has 2 rings (SSSR count). The predicted molar refractivity (Wildman–Crippen MR) is 78.2 cm³/mol. The fourth-order valence-electron chi connectivity index (χ4n) is 2.04. The first-order chi connectivity index (χ1) is 9.49. The molecule has 0 spiro atoms. The Labute approximate surface area is 118 Å². The van der Waals surface area contributed by atoms with Gasteiger partial charge in [-0.05, 0) is 49.6 Å². The molecule has 0 saturated heterocycles. The van der Waals surface area contributed by atoms with E-state index in [0.29, 0.717) is 0 Å². The largest absolute Gasteiger partial charge is 0.345 e. The molecule has 1 N–H and O–H groups in total.